The van der Waals surface area contributed by atoms with Gasteiger partial charge in [0.05, 0.1) is 5.41 Å². The monoisotopic (exact) mass is 337 g/mol. The topological polar surface area (TPSA) is 46.6 Å². The van der Waals surface area contributed by atoms with Crippen molar-refractivity contribution in [2.24, 2.45) is 0 Å². The van der Waals surface area contributed by atoms with E-state index in [-0.39, 0.29) is 18.5 Å². The third-order valence-electron chi connectivity index (χ3n) is 4.99. The van der Waals surface area contributed by atoms with E-state index in [2.05, 4.69) is 0 Å². The molecular weight excluding hydrogens is 314 g/mol. The molecule has 0 spiro atoms. The van der Waals surface area contributed by atoms with Crippen LogP contribution >= 0.6 is 0 Å². The first-order valence-corrected chi connectivity index (χ1v) is 8.64. The van der Waals surface area contributed by atoms with E-state index in [1.54, 1.807) is 11.8 Å². The van der Waals surface area contributed by atoms with Crippen LogP contribution in [0.25, 0.3) is 0 Å². The molecule has 2 aromatic carbocycles. The van der Waals surface area contributed by atoms with Crippen molar-refractivity contribution in [3.63, 3.8) is 0 Å². The highest BCUT2D eigenvalue weighted by Crippen LogP contribution is 2.37. The maximum absolute atomic E-state index is 13.0. The third kappa shape index (κ3) is 3.73. The number of hydrogen-bond donors (Lipinski definition) is 0. The number of esters is 1. The second-order valence-corrected chi connectivity index (χ2v) is 6.52. The van der Waals surface area contributed by atoms with Crippen LogP contribution in [0, 0.1) is 0 Å². The van der Waals surface area contributed by atoms with Gasteiger partial charge in [-0.05, 0) is 24.0 Å². The van der Waals surface area contributed by atoms with Crippen molar-refractivity contribution in [1.82, 2.24) is 4.90 Å². The molecule has 1 amide bonds. The zero-order valence-corrected chi connectivity index (χ0v) is 14.5. The van der Waals surface area contributed by atoms with E-state index in [1.165, 1.54) is 0 Å². The van der Waals surface area contributed by atoms with Crippen LogP contribution in [0.5, 0.6) is 0 Å². The fourth-order valence-electron chi connectivity index (χ4n) is 3.43. The smallest absolute Gasteiger partial charge is 0.317 e. The molecule has 0 aliphatic carbocycles. The maximum atomic E-state index is 13.0. The van der Waals surface area contributed by atoms with Crippen LogP contribution < -0.4 is 0 Å². The van der Waals surface area contributed by atoms with E-state index >= 15 is 0 Å². The molecule has 130 valence electrons. The summed E-state index contributed by atoms with van der Waals surface area (Å²) in [6.07, 6.45) is 1.18. The lowest BCUT2D eigenvalue weighted by atomic mass is 9.72. The minimum absolute atomic E-state index is 0.0549. The molecule has 0 atom stereocenters. The van der Waals surface area contributed by atoms with Gasteiger partial charge in [-0.2, -0.15) is 0 Å². The van der Waals surface area contributed by atoms with Crippen LogP contribution in [0.2, 0.25) is 0 Å². The van der Waals surface area contributed by atoms with Crippen molar-refractivity contribution in [1.29, 1.82) is 0 Å². The van der Waals surface area contributed by atoms with Crippen LogP contribution in [-0.2, 0) is 26.3 Å². The van der Waals surface area contributed by atoms with E-state index in [4.69, 9.17) is 4.74 Å². The molecule has 0 unspecified atom stereocenters. The van der Waals surface area contributed by atoms with Crippen LogP contribution in [0.1, 0.15) is 30.9 Å². The van der Waals surface area contributed by atoms with Gasteiger partial charge in [0.1, 0.15) is 6.61 Å². The Hall–Kier alpha value is -2.62. The Morgan fingerprint density at radius 1 is 0.960 bits per heavy atom. The Labute approximate surface area is 148 Å². The Bertz CT molecular complexity index is 719. The fraction of sp³-hybridized carbons (Fsp3) is 0.333. The summed E-state index contributed by atoms with van der Waals surface area (Å²) >= 11 is 0. The summed E-state index contributed by atoms with van der Waals surface area (Å²) < 4.78 is 5.68. The first-order valence-electron chi connectivity index (χ1n) is 8.64. The van der Waals surface area contributed by atoms with Crippen molar-refractivity contribution < 1.29 is 14.3 Å². The fourth-order valence-corrected chi connectivity index (χ4v) is 3.43. The average Bonchev–Trinajstić information content (AvgIpc) is 2.67. The summed E-state index contributed by atoms with van der Waals surface area (Å²) in [7, 11) is 0. The van der Waals surface area contributed by atoms with E-state index < -0.39 is 5.41 Å². The molecule has 1 heterocycles. The summed E-state index contributed by atoms with van der Waals surface area (Å²) in [4.78, 5) is 26.5. The number of nitrogens with zero attached hydrogens (tertiary/aromatic N) is 1. The van der Waals surface area contributed by atoms with Gasteiger partial charge in [-0.15, -0.1) is 0 Å². The van der Waals surface area contributed by atoms with Gasteiger partial charge in [0.25, 0.3) is 0 Å². The molecule has 0 aromatic heterocycles. The first kappa shape index (κ1) is 17.2. The van der Waals surface area contributed by atoms with Gasteiger partial charge in [-0.3, -0.25) is 9.59 Å². The maximum Gasteiger partial charge on any atom is 0.317 e. The number of carbonyl (C=O) groups is 2. The zero-order chi connectivity index (χ0) is 17.7. The van der Waals surface area contributed by atoms with E-state index in [0.717, 1.165) is 11.1 Å². The lowest BCUT2D eigenvalue weighted by Gasteiger charge is -2.40. The number of rotatable bonds is 4. The standard InChI is InChI=1S/C21H23NO3/c1-17(23)22-14-12-21(13-15-22,19-10-6-3-7-11-19)20(24)25-16-18-8-4-2-5-9-18/h2-11H,12-16H2,1H3. The van der Waals surface area contributed by atoms with Gasteiger partial charge in [-0.1, -0.05) is 60.7 Å². The number of benzene rings is 2. The molecule has 25 heavy (non-hydrogen) atoms. The molecule has 0 bridgehead atoms. The van der Waals surface area contributed by atoms with E-state index in [9.17, 15) is 9.59 Å². The Balaban J connectivity index is 1.80. The zero-order valence-electron chi connectivity index (χ0n) is 14.5. The van der Waals surface area contributed by atoms with Gasteiger partial charge < -0.3 is 9.64 Å². The Kier molecular flexibility index (Phi) is 5.17. The summed E-state index contributed by atoms with van der Waals surface area (Å²) in [6.45, 7) is 2.99. The number of piperidine rings is 1. The molecule has 0 radical (unpaired) electrons. The number of carbonyl (C=O) groups excluding carboxylic acids is 2. The number of likely N-dealkylation sites (tertiary alicyclic amines) is 1. The lowest BCUT2D eigenvalue weighted by molar-refractivity contribution is -0.155. The first-order chi connectivity index (χ1) is 12.1. The predicted molar refractivity (Wildman–Crippen MR) is 95.8 cm³/mol. The molecule has 1 aliphatic rings. The summed E-state index contributed by atoms with van der Waals surface area (Å²) in [5.41, 5.74) is 1.26. The van der Waals surface area contributed by atoms with Gasteiger partial charge >= 0.3 is 5.97 Å². The van der Waals surface area contributed by atoms with Gasteiger partial charge in [0, 0.05) is 20.0 Å². The quantitative estimate of drug-likeness (QED) is 0.804. The highest BCUT2D eigenvalue weighted by atomic mass is 16.5. The number of amides is 1. The van der Waals surface area contributed by atoms with Gasteiger partial charge in [0.15, 0.2) is 0 Å². The SMILES string of the molecule is CC(=O)N1CCC(C(=O)OCc2ccccc2)(c2ccccc2)CC1. The minimum atomic E-state index is -0.679. The number of ether oxygens (including phenoxy) is 1. The largest absolute Gasteiger partial charge is 0.460 e. The average molecular weight is 337 g/mol. The van der Waals surface area contributed by atoms with E-state index in [0.29, 0.717) is 25.9 Å². The molecule has 4 heteroatoms. The molecule has 2 aromatic rings. The summed E-state index contributed by atoms with van der Waals surface area (Å²) in [6, 6.07) is 19.5. The van der Waals surface area contributed by atoms with E-state index in [1.807, 2.05) is 60.7 Å². The van der Waals surface area contributed by atoms with Crippen LogP contribution in [0.4, 0.5) is 0 Å². The molecule has 3 rings (SSSR count). The van der Waals surface area contributed by atoms with Gasteiger partial charge in [0.2, 0.25) is 5.91 Å². The second kappa shape index (κ2) is 7.51. The highest BCUT2D eigenvalue weighted by molar-refractivity contribution is 5.84. The molecule has 4 nitrogen and oxygen atoms in total. The van der Waals surface area contributed by atoms with Crippen molar-refractivity contribution >= 4 is 11.9 Å². The van der Waals surface area contributed by atoms with Crippen LogP contribution in [0.3, 0.4) is 0 Å². The Morgan fingerprint density at radius 3 is 2.08 bits per heavy atom. The molecule has 1 saturated heterocycles. The molecule has 0 N–H and O–H groups in total. The number of hydrogen-bond acceptors (Lipinski definition) is 3. The molecular formula is C21H23NO3. The van der Waals surface area contributed by atoms with Crippen molar-refractivity contribution in [2.45, 2.75) is 31.8 Å². The van der Waals surface area contributed by atoms with Crippen LogP contribution in [0.15, 0.2) is 60.7 Å². The minimum Gasteiger partial charge on any atom is -0.460 e. The van der Waals surface area contributed by atoms with Crippen molar-refractivity contribution in [2.75, 3.05) is 13.1 Å². The molecule has 1 aliphatic heterocycles. The molecule has 0 saturated carbocycles. The van der Waals surface area contributed by atoms with Crippen molar-refractivity contribution in [3.8, 4) is 0 Å². The highest BCUT2D eigenvalue weighted by Gasteiger charge is 2.44. The lowest BCUT2D eigenvalue weighted by Crippen LogP contribution is -2.49. The van der Waals surface area contributed by atoms with Gasteiger partial charge in [-0.25, -0.2) is 0 Å². The summed E-state index contributed by atoms with van der Waals surface area (Å²) in [5.74, 6) is -0.148. The van der Waals surface area contributed by atoms with Crippen molar-refractivity contribution in [3.05, 3.63) is 71.8 Å². The second-order valence-electron chi connectivity index (χ2n) is 6.52. The third-order valence-corrected chi connectivity index (χ3v) is 4.99. The Morgan fingerprint density at radius 2 is 1.52 bits per heavy atom. The summed E-state index contributed by atoms with van der Waals surface area (Å²) in [5, 5.41) is 0. The normalized spacial score (nSPS) is 16.3. The molecule has 1 fully saturated rings. The predicted octanol–water partition coefficient (Wildman–Crippen LogP) is 3.31. The van der Waals surface area contributed by atoms with Crippen LogP contribution in [-0.4, -0.2) is 29.9 Å².